The zero-order chi connectivity index (χ0) is 10.8. The van der Waals surface area contributed by atoms with Gasteiger partial charge in [0, 0.05) is 12.1 Å². The zero-order valence-corrected chi connectivity index (χ0v) is 9.83. The smallest absolute Gasteiger partial charge is 0.177 e. The van der Waals surface area contributed by atoms with Crippen LogP contribution in [0.5, 0.6) is 0 Å². The number of rotatable bonds is 2. The largest absolute Gasteiger partial charge is 0.319 e. The quantitative estimate of drug-likeness (QED) is 0.816. The Labute approximate surface area is 95.9 Å². The lowest BCUT2D eigenvalue weighted by Crippen LogP contribution is -1.97. The molecule has 0 bridgehead atoms. The molecule has 0 N–H and O–H groups in total. The minimum absolute atomic E-state index is 0.229. The van der Waals surface area contributed by atoms with Gasteiger partial charge in [-0.3, -0.25) is 0 Å². The molecule has 0 saturated heterocycles. The molecule has 15 heavy (non-hydrogen) atoms. The van der Waals surface area contributed by atoms with Crippen LogP contribution in [0.4, 0.5) is 4.39 Å². The van der Waals surface area contributed by atoms with Crippen molar-refractivity contribution in [1.29, 1.82) is 0 Å². The average molecular weight is 269 g/mol. The van der Waals surface area contributed by atoms with Gasteiger partial charge >= 0.3 is 0 Å². The van der Waals surface area contributed by atoms with Crippen LogP contribution in [-0.2, 0) is 6.54 Å². The standard InChI is InChI=1S/C11H10BrFN2/c1-2-15-10(7-14-11(15)12)8-4-3-5-9(13)6-8/h3-7H,2H2,1H3. The Kier molecular flexibility index (Phi) is 2.86. The van der Waals surface area contributed by atoms with Crippen molar-refractivity contribution in [1.82, 2.24) is 9.55 Å². The first-order valence-corrected chi connectivity index (χ1v) is 5.48. The fraction of sp³-hybridized carbons (Fsp3) is 0.182. The number of hydrogen-bond acceptors (Lipinski definition) is 1. The lowest BCUT2D eigenvalue weighted by atomic mass is 10.1. The van der Waals surface area contributed by atoms with Crippen molar-refractivity contribution in [2.75, 3.05) is 0 Å². The van der Waals surface area contributed by atoms with E-state index < -0.39 is 0 Å². The van der Waals surface area contributed by atoms with Gasteiger partial charge in [-0.1, -0.05) is 12.1 Å². The van der Waals surface area contributed by atoms with Gasteiger partial charge in [0.25, 0.3) is 0 Å². The van der Waals surface area contributed by atoms with Crippen molar-refractivity contribution in [3.8, 4) is 11.3 Å². The first-order chi connectivity index (χ1) is 7.22. The van der Waals surface area contributed by atoms with Crippen LogP contribution in [-0.4, -0.2) is 9.55 Å². The van der Waals surface area contributed by atoms with Gasteiger partial charge in [0.15, 0.2) is 4.73 Å². The Morgan fingerprint density at radius 3 is 2.93 bits per heavy atom. The molecule has 0 aliphatic heterocycles. The Morgan fingerprint density at radius 1 is 1.47 bits per heavy atom. The zero-order valence-electron chi connectivity index (χ0n) is 8.24. The monoisotopic (exact) mass is 268 g/mol. The van der Waals surface area contributed by atoms with Gasteiger partial charge in [0.2, 0.25) is 0 Å². The number of imidazole rings is 1. The average Bonchev–Trinajstić information content (AvgIpc) is 2.59. The summed E-state index contributed by atoms with van der Waals surface area (Å²) in [5.41, 5.74) is 1.76. The summed E-state index contributed by atoms with van der Waals surface area (Å²) in [5.74, 6) is -0.229. The second-order valence-corrected chi connectivity index (χ2v) is 3.88. The highest BCUT2D eigenvalue weighted by atomic mass is 79.9. The van der Waals surface area contributed by atoms with Crippen molar-refractivity contribution in [2.24, 2.45) is 0 Å². The minimum Gasteiger partial charge on any atom is -0.319 e. The summed E-state index contributed by atoms with van der Waals surface area (Å²) in [4.78, 5) is 4.15. The Morgan fingerprint density at radius 2 is 2.27 bits per heavy atom. The van der Waals surface area contributed by atoms with E-state index in [-0.39, 0.29) is 5.82 Å². The van der Waals surface area contributed by atoms with Crippen LogP contribution in [0.15, 0.2) is 35.2 Å². The number of aromatic nitrogens is 2. The molecule has 4 heteroatoms. The normalized spacial score (nSPS) is 10.6. The molecule has 0 atom stereocenters. The summed E-state index contributed by atoms with van der Waals surface area (Å²) in [5, 5.41) is 0. The third kappa shape index (κ3) is 1.95. The molecule has 78 valence electrons. The second-order valence-electron chi connectivity index (χ2n) is 3.17. The molecule has 1 aromatic carbocycles. The van der Waals surface area contributed by atoms with Gasteiger partial charge in [0.05, 0.1) is 11.9 Å². The summed E-state index contributed by atoms with van der Waals surface area (Å²) in [6.45, 7) is 2.82. The van der Waals surface area contributed by atoms with Crippen molar-refractivity contribution in [3.05, 3.63) is 41.0 Å². The van der Waals surface area contributed by atoms with E-state index in [0.29, 0.717) is 0 Å². The lowest BCUT2D eigenvalue weighted by molar-refractivity contribution is 0.628. The van der Waals surface area contributed by atoms with E-state index in [1.54, 1.807) is 12.3 Å². The molecule has 2 nitrogen and oxygen atoms in total. The fourth-order valence-corrected chi connectivity index (χ4v) is 2.08. The maximum atomic E-state index is 13.1. The SMILES string of the molecule is CCn1c(-c2cccc(F)c2)cnc1Br. The van der Waals surface area contributed by atoms with Crippen LogP contribution in [0.25, 0.3) is 11.3 Å². The molecule has 1 aromatic heterocycles. The highest BCUT2D eigenvalue weighted by molar-refractivity contribution is 9.10. The molecule has 0 radical (unpaired) electrons. The number of benzene rings is 1. The van der Waals surface area contributed by atoms with E-state index in [9.17, 15) is 4.39 Å². The summed E-state index contributed by atoms with van der Waals surface area (Å²) < 4.78 is 15.8. The van der Waals surface area contributed by atoms with E-state index in [1.807, 2.05) is 17.6 Å². The van der Waals surface area contributed by atoms with Crippen LogP contribution in [0.2, 0.25) is 0 Å². The molecule has 0 spiro atoms. The van der Waals surface area contributed by atoms with E-state index in [4.69, 9.17) is 0 Å². The van der Waals surface area contributed by atoms with E-state index >= 15 is 0 Å². The molecule has 0 aliphatic rings. The lowest BCUT2D eigenvalue weighted by Gasteiger charge is -2.06. The number of hydrogen-bond donors (Lipinski definition) is 0. The molecule has 0 fully saturated rings. The summed E-state index contributed by atoms with van der Waals surface area (Å²) in [6.07, 6.45) is 1.74. The highest BCUT2D eigenvalue weighted by Gasteiger charge is 2.08. The predicted octanol–water partition coefficient (Wildman–Crippen LogP) is 3.47. The Bertz CT molecular complexity index is 479. The Hall–Kier alpha value is -1.16. The van der Waals surface area contributed by atoms with E-state index in [2.05, 4.69) is 20.9 Å². The van der Waals surface area contributed by atoms with Crippen LogP contribution in [0.1, 0.15) is 6.92 Å². The van der Waals surface area contributed by atoms with Gasteiger partial charge in [0.1, 0.15) is 5.82 Å². The molecular formula is C11H10BrFN2. The molecule has 0 aliphatic carbocycles. The first kappa shape index (κ1) is 10.4. The van der Waals surface area contributed by atoms with Gasteiger partial charge < -0.3 is 4.57 Å². The van der Waals surface area contributed by atoms with Gasteiger partial charge in [-0.15, -0.1) is 0 Å². The summed E-state index contributed by atoms with van der Waals surface area (Å²) in [7, 11) is 0. The highest BCUT2D eigenvalue weighted by Crippen LogP contribution is 2.23. The van der Waals surface area contributed by atoms with Crippen LogP contribution >= 0.6 is 15.9 Å². The van der Waals surface area contributed by atoms with Crippen molar-refractivity contribution < 1.29 is 4.39 Å². The molecule has 2 rings (SSSR count). The van der Waals surface area contributed by atoms with E-state index in [1.165, 1.54) is 12.1 Å². The molecule has 0 amide bonds. The van der Waals surface area contributed by atoms with Gasteiger partial charge in [-0.05, 0) is 35.0 Å². The summed E-state index contributed by atoms with van der Waals surface area (Å²) in [6, 6.07) is 6.52. The summed E-state index contributed by atoms with van der Waals surface area (Å²) >= 11 is 3.35. The fourth-order valence-electron chi connectivity index (χ4n) is 1.53. The first-order valence-electron chi connectivity index (χ1n) is 4.69. The van der Waals surface area contributed by atoms with Crippen molar-refractivity contribution >= 4 is 15.9 Å². The predicted molar refractivity (Wildman–Crippen MR) is 61.0 cm³/mol. The van der Waals surface area contributed by atoms with Gasteiger partial charge in [-0.2, -0.15) is 0 Å². The third-order valence-corrected chi connectivity index (χ3v) is 2.88. The maximum absolute atomic E-state index is 13.1. The Balaban J connectivity index is 2.54. The van der Waals surface area contributed by atoms with Crippen molar-refractivity contribution in [3.63, 3.8) is 0 Å². The minimum atomic E-state index is -0.229. The topological polar surface area (TPSA) is 17.8 Å². The van der Waals surface area contributed by atoms with E-state index in [0.717, 1.165) is 22.5 Å². The van der Waals surface area contributed by atoms with Crippen LogP contribution in [0, 0.1) is 5.82 Å². The molecule has 0 unspecified atom stereocenters. The number of halogens is 2. The molecule has 1 heterocycles. The molecule has 0 saturated carbocycles. The van der Waals surface area contributed by atoms with Crippen LogP contribution < -0.4 is 0 Å². The van der Waals surface area contributed by atoms with Crippen molar-refractivity contribution in [2.45, 2.75) is 13.5 Å². The van der Waals surface area contributed by atoms with Gasteiger partial charge in [-0.25, -0.2) is 9.37 Å². The maximum Gasteiger partial charge on any atom is 0.177 e. The molecular weight excluding hydrogens is 259 g/mol. The van der Waals surface area contributed by atoms with Crippen LogP contribution in [0.3, 0.4) is 0 Å². The third-order valence-electron chi connectivity index (χ3n) is 2.24. The molecule has 2 aromatic rings. The second kappa shape index (κ2) is 4.14. The number of nitrogens with zero attached hydrogens (tertiary/aromatic N) is 2.